The number of aliphatic hydroxyl groups is 1. The first-order chi connectivity index (χ1) is 7.46. The molecule has 7 heteroatoms. The molecular weight excluding hydrogens is 230 g/mol. The molecule has 1 aromatic heterocycles. The normalized spacial score (nSPS) is 28.4. The quantitative estimate of drug-likeness (QED) is 0.689. The monoisotopic (exact) mass is 245 g/mol. The minimum Gasteiger partial charge on any atom is -0.390 e. The van der Waals surface area contributed by atoms with Gasteiger partial charge in [0.1, 0.15) is 0 Å². The van der Waals surface area contributed by atoms with Gasteiger partial charge in [-0.25, -0.2) is 8.42 Å². The second kappa shape index (κ2) is 4.15. The van der Waals surface area contributed by atoms with Crippen molar-refractivity contribution in [2.75, 3.05) is 11.5 Å². The van der Waals surface area contributed by atoms with E-state index < -0.39 is 15.9 Å². The van der Waals surface area contributed by atoms with Crippen molar-refractivity contribution < 1.29 is 13.5 Å². The highest BCUT2D eigenvalue weighted by Gasteiger charge is 2.35. The summed E-state index contributed by atoms with van der Waals surface area (Å²) in [6.45, 7) is 0.519. The molecule has 6 nitrogen and oxygen atoms in total. The van der Waals surface area contributed by atoms with Gasteiger partial charge in [0.15, 0.2) is 9.84 Å². The number of aromatic nitrogens is 2. The highest BCUT2D eigenvalue weighted by Crippen LogP contribution is 2.13. The standard InChI is InChI=1S/C9H15N3O3S/c1-12-4-7(3-11-12)2-10-8-5-16(14,15)6-9(8)13/h3-4,8-10,13H,2,5-6H2,1H3. The average Bonchev–Trinajstić information content (AvgIpc) is 2.67. The molecule has 0 spiro atoms. The van der Waals surface area contributed by atoms with Gasteiger partial charge in [-0.05, 0) is 0 Å². The Hall–Kier alpha value is -0.920. The summed E-state index contributed by atoms with van der Waals surface area (Å²) in [4.78, 5) is 0. The molecule has 1 fully saturated rings. The Morgan fingerprint density at radius 1 is 1.62 bits per heavy atom. The summed E-state index contributed by atoms with van der Waals surface area (Å²) < 4.78 is 24.2. The van der Waals surface area contributed by atoms with Crippen LogP contribution < -0.4 is 5.32 Å². The number of nitrogens with one attached hydrogen (secondary N) is 1. The maximum atomic E-state index is 11.3. The van der Waals surface area contributed by atoms with Gasteiger partial charge in [-0.1, -0.05) is 0 Å². The van der Waals surface area contributed by atoms with E-state index in [1.165, 1.54) is 0 Å². The van der Waals surface area contributed by atoms with Crippen LogP contribution in [0.1, 0.15) is 5.56 Å². The Balaban J connectivity index is 1.92. The van der Waals surface area contributed by atoms with Crippen LogP contribution in [0.4, 0.5) is 0 Å². The molecule has 1 aromatic rings. The molecule has 2 N–H and O–H groups in total. The van der Waals surface area contributed by atoms with Gasteiger partial charge < -0.3 is 10.4 Å². The number of aliphatic hydroxyl groups excluding tert-OH is 1. The van der Waals surface area contributed by atoms with Crippen LogP contribution in [0.2, 0.25) is 0 Å². The van der Waals surface area contributed by atoms with Crippen molar-refractivity contribution in [3.63, 3.8) is 0 Å². The fourth-order valence-electron chi connectivity index (χ4n) is 1.84. The highest BCUT2D eigenvalue weighted by atomic mass is 32.2. The molecule has 1 aliphatic heterocycles. The summed E-state index contributed by atoms with van der Waals surface area (Å²) in [5, 5.41) is 16.6. The predicted octanol–water partition coefficient (Wildman–Crippen LogP) is -1.33. The molecule has 0 aliphatic carbocycles. The van der Waals surface area contributed by atoms with E-state index in [0.717, 1.165) is 5.56 Å². The second-order valence-corrected chi connectivity index (χ2v) is 6.31. The van der Waals surface area contributed by atoms with Crippen LogP contribution in [0.5, 0.6) is 0 Å². The van der Waals surface area contributed by atoms with Crippen molar-refractivity contribution in [2.45, 2.75) is 18.7 Å². The van der Waals surface area contributed by atoms with E-state index in [4.69, 9.17) is 0 Å². The number of rotatable bonds is 3. The molecule has 90 valence electrons. The van der Waals surface area contributed by atoms with Gasteiger partial charge in [-0.3, -0.25) is 4.68 Å². The maximum Gasteiger partial charge on any atom is 0.154 e. The number of hydrogen-bond donors (Lipinski definition) is 2. The minimum atomic E-state index is -3.08. The van der Waals surface area contributed by atoms with Gasteiger partial charge in [0.2, 0.25) is 0 Å². The predicted molar refractivity (Wildman–Crippen MR) is 58.5 cm³/mol. The van der Waals surface area contributed by atoms with E-state index >= 15 is 0 Å². The number of nitrogens with zero attached hydrogens (tertiary/aromatic N) is 2. The molecule has 1 saturated heterocycles. The summed E-state index contributed by atoms with van der Waals surface area (Å²) in [5.74, 6) is -0.133. The van der Waals surface area contributed by atoms with Gasteiger partial charge in [-0.15, -0.1) is 0 Å². The van der Waals surface area contributed by atoms with Crippen molar-refractivity contribution in [1.82, 2.24) is 15.1 Å². The van der Waals surface area contributed by atoms with Crippen LogP contribution in [0, 0.1) is 0 Å². The van der Waals surface area contributed by atoms with Crippen molar-refractivity contribution in [3.8, 4) is 0 Å². The fourth-order valence-corrected chi connectivity index (χ4v) is 3.61. The van der Waals surface area contributed by atoms with E-state index in [1.807, 2.05) is 13.2 Å². The van der Waals surface area contributed by atoms with Crippen molar-refractivity contribution in [2.24, 2.45) is 7.05 Å². The van der Waals surface area contributed by atoms with Gasteiger partial charge in [-0.2, -0.15) is 5.10 Å². The zero-order valence-electron chi connectivity index (χ0n) is 9.00. The van der Waals surface area contributed by atoms with E-state index in [9.17, 15) is 13.5 Å². The lowest BCUT2D eigenvalue weighted by atomic mass is 10.2. The molecular formula is C9H15N3O3S. The summed E-state index contributed by atoms with van der Waals surface area (Å²) >= 11 is 0. The Morgan fingerprint density at radius 2 is 2.38 bits per heavy atom. The summed E-state index contributed by atoms with van der Waals surface area (Å²) in [6.07, 6.45) is 2.76. The lowest BCUT2D eigenvalue weighted by Crippen LogP contribution is -2.38. The van der Waals surface area contributed by atoms with E-state index in [-0.39, 0.29) is 17.5 Å². The second-order valence-electron chi connectivity index (χ2n) is 4.15. The summed E-state index contributed by atoms with van der Waals surface area (Å²) in [5.41, 5.74) is 0.971. The van der Waals surface area contributed by atoms with Crippen LogP contribution >= 0.6 is 0 Å². The molecule has 2 unspecified atom stereocenters. The Labute approximate surface area is 94.2 Å². The Bertz CT molecular complexity index is 468. The Morgan fingerprint density at radius 3 is 2.88 bits per heavy atom. The first-order valence-electron chi connectivity index (χ1n) is 5.06. The van der Waals surface area contributed by atoms with Gasteiger partial charge in [0, 0.05) is 31.4 Å². The smallest absolute Gasteiger partial charge is 0.154 e. The third-order valence-corrected chi connectivity index (χ3v) is 4.37. The Kier molecular flexibility index (Phi) is 3.00. The average molecular weight is 245 g/mol. The minimum absolute atomic E-state index is 0.00836. The van der Waals surface area contributed by atoms with Crippen LogP contribution in [0.25, 0.3) is 0 Å². The molecule has 2 atom stereocenters. The lowest BCUT2D eigenvalue weighted by Gasteiger charge is -2.13. The molecule has 2 heterocycles. The fraction of sp³-hybridized carbons (Fsp3) is 0.667. The van der Waals surface area contributed by atoms with E-state index in [2.05, 4.69) is 10.4 Å². The van der Waals surface area contributed by atoms with Gasteiger partial charge >= 0.3 is 0 Å². The van der Waals surface area contributed by atoms with Crippen LogP contribution in [-0.4, -0.2) is 47.0 Å². The molecule has 0 radical (unpaired) electrons. The zero-order valence-corrected chi connectivity index (χ0v) is 9.81. The molecule has 0 aromatic carbocycles. The van der Waals surface area contributed by atoms with Crippen molar-refractivity contribution in [3.05, 3.63) is 18.0 Å². The molecule has 0 bridgehead atoms. The SMILES string of the molecule is Cn1cc(CNC2CS(=O)(=O)CC2O)cn1. The summed E-state index contributed by atoms with van der Waals surface area (Å²) in [6, 6.07) is -0.370. The van der Waals surface area contributed by atoms with Crippen molar-refractivity contribution in [1.29, 1.82) is 0 Å². The third-order valence-electron chi connectivity index (χ3n) is 2.65. The largest absolute Gasteiger partial charge is 0.390 e. The number of sulfone groups is 1. The third kappa shape index (κ3) is 2.60. The molecule has 16 heavy (non-hydrogen) atoms. The molecule has 0 amide bonds. The van der Waals surface area contributed by atoms with Crippen LogP contribution in [0.15, 0.2) is 12.4 Å². The van der Waals surface area contributed by atoms with Crippen molar-refractivity contribution >= 4 is 9.84 Å². The van der Waals surface area contributed by atoms with Crippen LogP contribution in [0.3, 0.4) is 0 Å². The highest BCUT2D eigenvalue weighted by molar-refractivity contribution is 7.91. The number of hydrogen-bond acceptors (Lipinski definition) is 5. The summed E-state index contributed by atoms with van der Waals surface area (Å²) in [7, 11) is -1.26. The molecule has 2 rings (SSSR count). The first-order valence-corrected chi connectivity index (χ1v) is 6.88. The zero-order chi connectivity index (χ0) is 11.8. The van der Waals surface area contributed by atoms with Crippen LogP contribution in [-0.2, 0) is 23.4 Å². The van der Waals surface area contributed by atoms with E-state index in [0.29, 0.717) is 6.54 Å². The first kappa shape index (κ1) is 11.6. The lowest BCUT2D eigenvalue weighted by molar-refractivity contribution is 0.165. The van der Waals surface area contributed by atoms with Gasteiger partial charge in [0.25, 0.3) is 0 Å². The molecule has 1 aliphatic rings. The molecule has 0 saturated carbocycles. The van der Waals surface area contributed by atoms with E-state index in [1.54, 1.807) is 10.9 Å². The maximum absolute atomic E-state index is 11.3. The van der Waals surface area contributed by atoms with Gasteiger partial charge in [0.05, 0.1) is 23.8 Å². The number of aryl methyl sites for hydroxylation is 1. The topological polar surface area (TPSA) is 84.2 Å².